The summed E-state index contributed by atoms with van der Waals surface area (Å²) in [5, 5.41) is 0. The van der Waals surface area contributed by atoms with Gasteiger partial charge in [-0.3, -0.25) is 0 Å². The topological polar surface area (TPSA) is 66.6 Å². The summed E-state index contributed by atoms with van der Waals surface area (Å²) in [5.74, 6) is 0.270. The Kier molecular flexibility index (Phi) is 6.80. The van der Waals surface area contributed by atoms with Crippen molar-refractivity contribution in [1.29, 1.82) is 0 Å². The van der Waals surface area contributed by atoms with Gasteiger partial charge in [-0.25, -0.2) is 8.42 Å². The Hall–Kier alpha value is -0.950. The molecule has 120 valence electrons. The summed E-state index contributed by atoms with van der Waals surface area (Å²) in [7, 11) is 0.369. The van der Waals surface area contributed by atoms with Crippen LogP contribution in [0.2, 0.25) is 0 Å². The summed E-state index contributed by atoms with van der Waals surface area (Å²) in [4.78, 5) is 2.31. The monoisotopic (exact) mass is 313 g/mol. The van der Waals surface area contributed by atoms with Crippen LogP contribution in [0.4, 0.5) is 0 Å². The van der Waals surface area contributed by atoms with Gasteiger partial charge in [0, 0.05) is 26.2 Å². The van der Waals surface area contributed by atoms with E-state index in [1.54, 1.807) is 22.5 Å². The van der Waals surface area contributed by atoms with Crippen molar-refractivity contribution in [3.8, 4) is 0 Å². The number of likely N-dealkylation sites (N-methyl/N-ethyl adjacent to an activating group) is 1. The molecule has 1 aromatic rings. The van der Waals surface area contributed by atoms with Crippen molar-refractivity contribution in [3.05, 3.63) is 29.8 Å². The summed E-state index contributed by atoms with van der Waals surface area (Å²) in [6.45, 7) is 5.94. The first-order valence-electron chi connectivity index (χ1n) is 7.22. The van der Waals surface area contributed by atoms with Crippen molar-refractivity contribution in [2.45, 2.75) is 25.3 Å². The zero-order valence-corrected chi connectivity index (χ0v) is 14.2. The third-order valence-corrected chi connectivity index (χ3v) is 5.14. The first-order chi connectivity index (χ1) is 9.78. The molecule has 5 nitrogen and oxygen atoms in total. The van der Waals surface area contributed by atoms with E-state index in [1.165, 1.54) is 0 Å². The second-order valence-electron chi connectivity index (χ2n) is 5.87. The number of hydrogen-bond acceptors (Lipinski definition) is 4. The molecule has 0 atom stereocenters. The van der Waals surface area contributed by atoms with Crippen LogP contribution >= 0.6 is 0 Å². The minimum Gasteiger partial charge on any atom is -0.326 e. The maximum atomic E-state index is 12.9. The molecule has 0 aromatic heterocycles. The molecule has 0 aliphatic rings. The quantitative estimate of drug-likeness (QED) is 0.787. The predicted octanol–water partition coefficient (Wildman–Crippen LogP) is 1.35. The second kappa shape index (κ2) is 7.89. The van der Waals surface area contributed by atoms with E-state index in [0.29, 0.717) is 30.1 Å². The van der Waals surface area contributed by atoms with E-state index >= 15 is 0 Å². The SMILES string of the molecule is CC(C)CN(CCN(C)C)S(=O)(=O)c1ccccc1CN. The molecule has 0 amide bonds. The third-order valence-electron chi connectivity index (χ3n) is 3.18. The lowest BCUT2D eigenvalue weighted by molar-refractivity contribution is 0.312. The summed E-state index contributed by atoms with van der Waals surface area (Å²) in [6.07, 6.45) is 0. The van der Waals surface area contributed by atoms with Crippen LogP contribution in [0.15, 0.2) is 29.2 Å². The number of nitrogens with zero attached hydrogens (tertiary/aromatic N) is 2. The smallest absolute Gasteiger partial charge is 0.243 e. The molecular weight excluding hydrogens is 286 g/mol. The molecule has 1 rings (SSSR count). The lowest BCUT2D eigenvalue weighted by atomic mass is 10.2. The van der Waals surface area contributed by atoms with Gasteiger partial charge in [-0.2, -0.15) is 4.31 Å². The molecule has 1 aromatic carbocycles. The third kappa shape index (κ3) is 5.07. The highest BCUT2D eigenvalue weighted by Gasteiger charge is 2.26. The maximum Gasteiger partial charge on any atom is 0.243 e. The fraction of sp³-hybridized carbons (Fsp3) is 0.600. The van der Waals surface area contributed by atoms with Crippen LogP contribution in [0, 0.1) is 5.92 Å². The zero-order valence-electron chi connectivity index (χ0n) is 13.4. The van der Waals surface area contributed by atoms with Gasteiger partial charge >= 0.3 is 0 Å². The van der Waals surface area contributed by atoms with Gasteiger partial charge in [0.1, 0.15) is 0 Å². The van der Waals surface area contributed by atoms with Gasteiger partial charge in [-0.05, 0) is 31.6 Å². The molecule has 0 saturated heterocycles. The second-order valence-corrected chi connectivity index (χ2v) is 7.78. The maximum absolute atomic E-state index is 12.9. The first kappa shape index (κ1) is 18.1. The molecule has 6 heteroatoms. The minimum absolute atomic E-state index is 0.221. The van der Waals surface area contributed by atoms with Gasteiger partial charge in [0.15, 0.2) is 0 Å². The number of rotatable bonds is 8. The van der Waals surface area contributed by atoms with Crippen LogP contribution in [0.1, 0.15) is 19.4 Å². The molecule has 0 fully saturated rings. The number of hydrogen-bond donors (Lipinski definition) is 1. The molecule has 0 heterocycles. The molecule has 0 spiro atoms. The molecule has 0 unspecified atom stereocenters. The van der Waals surface area contributed by atoms with Gasteiger partial charge in [-0.15, -0.1) is 0 Å². The fourth-order valence-corrected chi connectivity index (χ4v) is 3.92. The summed E-state index contributed by atoms with van der Waals surface area (Å²) in [5.41, 5.74) is 6.34. The van der Waals surface area contributed by atoms with Gasteiger partial charge in [0.2, 0.25) is 10.0 Å². The fourth-order valence-electron chi connectivity index (χ4n) is 2.09. The largest absolute Gasteiger partial charge is 0.326 e. The molecule has 2 N–H and O–H groups in total. The molecule has 0 saturated carbocycles. The van der Waals surface area contributed by atoms with Crippen LogP contribution in [0.3, 0.4) is 0 Å². The standard InChI is InChI=1S/C15H27N3O2S/c1-13(2)12-18(10-9-17(3)4)21(19,20)15-8-6-5-7-14(15)11-16/h5-8,13H,9-12,16H2,1-4H3. The Bertz CT molecular complexity index is 542. The Morgan fingerprint density at radius 2 is 1.76 bits per heavy atom. The highest BCUT2D eigenvalue weighted by Crippen LogP contribution is 2.21. The highest BCUT2D eigenvalue weighted by molar-refractivity contribution is 7.89. The van der Waals surface area contributed by atoms with Gasteiger partial charge < -0.3 is 10.6 Å². The molecule has 0 aliphatic heterocycles. The Morgan fingerprint density at radius 3 is 2.29 bits per heavy atom. The van der Waals surface area contributed by atoms with Gasteiger partial charge in [0.25, 0.3) is 0 Å². The van der Waals surface area contributed by atoms with Crippen LogP contribution in [-0.4, -0.2) is 51.4 Å². The van der Waals surface area contributed by atoms with Crippen LogP contribution < -0.4 is 5.73 Å². The van der Waals surface area contributed by atoms with E-state index in [1.807, 2.05) is 38.9 Å². The van der Waals surface area contributed by atoms with Crippen molar-refractivity contribution in [1.82, 2.24) is 9.21 Å². The van der Waals surface area contributed by atoms with E-state index in [4.69, 9.17) is 5.73 Å². The van der Waals surface area contributed by atoms with Crippen LogP contribution in [0.25, 0.3) is 0 Å². The van der Waals surface area contributed by atoms with E-state index < -0.39 is 10.0 Å². The van der Waals surface area contributed by atoms with Crippen molar-refractivity contribution in [2.75, 3.05) is 33.7 Å². The summed E-state index contributed by atoms with van der Waals surface area (Å²) in [6, 6.07) is 6.96. The molecular formula is C15H27N3O2S. The van der Waals surface area contributed by atoms with E-state index in [9.17, 15) is 8.42 Å². The average Bonchev–Trinajstić information content (AvgIpc) is 2.42. The van der Waals surface area contributed by atoms with Crippen molar-refractivity contribution < 1.29 is 8.42 Å². The first-order valence-corrected chi connectivity index (χ1v) is 8.66. The number of sulfonamides is 1. The zero-order chi connectivity index (χ0) is 16.0. The average molecular weight is 313 g/mol. The Morgan fingerprint density at radius 1 is 1.14 bits per heavy atom. The molecule has 0 bridgehead atoms. The van der Waals surface area contributed by atoms with Crippen LogP contribution in [-0.2, 0) is 16.6 Å². The lowest BCUT2D eigenvalue weighted by Crippen LogP contribution is -2.39. The highest BCUT2D eigenvalue weighted by atomic mass is 32.2. The molecule has 0 aliphatic carbocycles. The predicted molar refractivity (Wildman–Crippen MR) is 86.5 cm³/mol. The van der Waals surface area contributed by atoms with Crippen molar-refractivity contribution >= 4 is 10.0 Å². The van der Waals surface area contributed by atoms with Crippen molar-refractivity contribution in [2.24, 2.45) is 11.7 Å². The van der Waals surface area contributed by atoms with Gasteiger partial charge in [0.05, 0.1) is 4.90 Å². The van der Waals surface area contributed by atoms with E-state index in [0.717, 1.165) is 0 Å². The normalized spacial score (nSPS) is 12.6. The Labute approximate surface area is 128 Å². The summed E-state index contributed by atoms with van der Waals surface area (Å²) < 4.78 is 27.4. The summed E-state index contributed by atoms with van der Waals surface area (Å²) >= 11 is 0. The lowest BCUT2D eigenvalue weighted by Gasteiger charge is -2.26. The minimum atomic E-state index is -3.51. The van der Waals surface area contributed by atoms with Gasteiger partial charge in [-0.1, -0.05) is 32.0 Å². The Balaban J connectivity index is 3.13. The van der Waals surface area contributed by atoms with Crippen molar-refractivity contribution in [3.63, 3.8) is 0 Å². The van der Waals surface area contributed by atoms with E-state index in [-0.39, 0.29) is 12.5 Å². The van der Waals surface area contributed by atoms with Crippen LogP contribution in [0.5, 0.6) is 0 Å². The molecule has 21 heavy (non-hydrogen) atoms. The number of benzene rings is 1. The number of nitrogens with two attached hydrogens (primary N) is 1. The van der Waals surface area contributed by atoms with E-state index in [2.05, 4.69) is 0 Å². The molecule has 0 radical (unpaired) electrons.